The lowest BCUT2D eigenvalue weighted by atomic mass is 10.2. The second-order valence-electron chi connectivity index (χ2n) is 3.34. The normalized spacial score (nSPS) is 17.3. The van der Waals surface area contributed by atoms with E-state index in [1.165, 1.54) is 13.2 Å². The maximum atomic E-state index is 11.9. The predicted octanol–water partition coefficient (Wildman–Crippen LogP) is 1.04. The molecule has 1 aliphatic heterocycles. The van der Waals surface area contributed by atoms with Crippen LogP contribution in [-0.2, 0) is 14.6 Å². The van der Waals surface area contributed by atoms with Gasteiger partial charge in [-0.25, -0.2) is 8.42 Å². The molecule has 2 rings (SSSR count). The number of fused-ring (bicyclic) bond motifs is 1. The van der Waals surface area contributed by atoms with Crippen molar-refractivity contribution in [2.75, 3.05) is 19.5 Å². The molecule has 2 N–H and O–H groups in total. The molecule has 5 heteroatoms. The highest BCUT2D eigenvalue weighted by atomic mass is 32.2. The predicted molar refractivity (Wildman–Crippen MR) is 57.9 cm³/mol. The summed E-state index contributed by atoms with van der Waals surface area (Å²) in [6.07, 6.45) is 1.60. The van der Waals surface area contributed by atoms with Crippen molar-refractivity contribution in [2.24, 2.45) is 0 Å². The number of nitrogen functional groups attached to an aromatic ring is 1. The summed E-state index contributed by atoms with van der Waals surface area (Å²) in [5, 5.41) is 0. The van der Waals surface area contributed by atoms with E-state index in [1.54, 1.807) is 18.2 Å². The highest BCUT2D eigenvalue weighted by Crippen LogP contribution is 2.33. The molecule has 0 unspecified atom stereocenters. The van der Waals surface area contributed by atoms with Crippen LogP contribution in [0.5, 0.6) is 0 Å². The SMILES string of the molecule is COCC1=Cc2cc(N)ccc2S1(=O)=O. The Morgan fingerprint density at radius 1 is 1.40 bits per heavy atom. The first-order chi connectivity index (χ1) is 7.05. The van der Waals surface area contributed by atoms with Gasteiger partial charge in [0.2, 0.25) is 9.84 Å². The van der Waals surface area contributed by atoms with Crippen molar-refractivity contribution < 1.29 is 13.2 Å². The van der Waals surface area contributed by atoms with Gasteiger partial charge in [0.15, 0.2) is 0 Å². The fourth-order valence-corrected chi connectivity index (χ4v) is 3.09. The van der Waals surface area contributed by atoms with Gasteiger partial charge < -0.3 is 10.5 Å². The fraction of sp³-hybridized carbons (Fsp3) is 0.200. The van der Waals surface area contributed by atoms with E-state index in [2.05, 4.69) is 0 Å². The Balaban J connectivity index is 2.58. The van der Waals surface area contributed by atoms with Crippen molar-refractivity contribution in [1.82, 2.24) is 0 Å². The summed E-state index contributed by atoms with van der Waals surface area (Å²) in [7, 11) is -1.88. The average molecular weight is 225 g/mol. The lowest BCUT2D eigenvalue weighted by molar-refractivity contribution is 0.231. The van der Waals surface area contributed by atoms with Crippen LogP contribution in [0.2, 0.25) is 0 Å². The summed E-state index contributed by atoms with van der Waals surface area (Å²) in [4.78, 5) is 0.592. The first-order valence-corrected chi connectivity index (χ1v) is 5.88. The van der Waals surface area contributed by atoms with Crippen molar-refractivity contribution in [3.63, 3.8) is 0 Å². The van der Waals surface area contributed by atoms with E-state index in [-0.39, 0.29) is 11.5 Å². The van der Waals surface area contributed by atoms with Crippen LogP contribution in [0.4, 0.5) is 5.69 Å². The molecule has 1 heterocycles. The molecule has 0 fully saturated rings. The highest BCUT2D eigenvalue weighted by Gasteiger charge is 2.29. The van der Waals surface area contributed by atoms with Crippen molar-refractivity contribution in [1.29, 1.82) is 0 Å². The van der Waals surface area contributed by atoms with Crippen molar-refractivity contribution >= 4 is 21.6 Å². The number of nitrogens with two attached hydrogens (primary N) is 1. The Bertz CT molecular complexity index is 532. The van der Waals surface area contributed by atoms with E-state index in [4.69, 9.17) is 10.5 Å². The topological polar surface area (TPSA) is 69.4 Å². The fourth-order valence-electron chi connectivity index (χ4n) is 1.58. The van der Waals surface area contributed by atoms with Crippen LogP contribution < -0.4 is 5.73 Å². The molecule has 0 atom stereocenters. The minimum absolute atomic E-state index is 0.0942. The number of methoxy groups -OCH3 is 1. The van der Waals surface area contributed by atoms with Crippen LogP contribution in [0.1, 0.15) is 5.56 Å². The molecule has 4 nitrogen and oxygen atoms in total. The first-order valence-electron chi connectivity index (χ1n) is 4.40. The minimum atomic E-state index is -3.34. The van der Waals surface area contributed by atoms with Crippen LogP contribution in [0.3, 0.4) is 0 Å². The van der Waals surface area contributed by atoms with E-state index < -0.39 is 9.84 Å². The molecule has 80 valence electrons. The van der Waals surface area contributed by atoms with Crippen LogP contribution in [0.25, 0.3) is 6.08 Å². The molecule has 1 aromatic rings. The zero-order valence-electron chi connectivity index (χ0n) is 8.23. The zero-order valence-corrected chi connectivity index (χ0v) is 9.04. The largest absolute Gasteiger partial charge is 0.399 e. The van der Waals surface area contributed by atoms with Gasteiger partial charge in [-0.1, -0.05) is 0 Å². The third kappa shape index (κ3) is 1.53. The minimum Gasteiger partial charge on any atom is -0.399 e. The van der Waals surface area contributed by atoms with Gasteiger partial charge in [0.1, 0.15) is 0 Å². The Morgan fingerprint density at radius 2 is 2.13 bits per heavy atom. The molecule has 0 spiro atoms. The average Bonchev–Trinajstić information content (AvgIpc) is 2.39. The molecule has 0 bridgehead atoms. The number of benzene rings is 1. The Labute approximate surface area is 88.3 Å². The van der Waals surface area contributed by atoms with E-state index in [0.717, 1.165) is 0 Å². The zero-order chi connectivity index (χ0) is 11.1. The van der Waals surface area contributed by atoms with Gasteiger partial charge in [0.25, 0.3) is 0 Å². The van der Waals surface area contributed by atoms with Gasteiger partial charge in [-0.3, -0.25) is 0 Å². The molecule has 15 heavy (non-hydrogen) atoms. The summed E-state index contributed by atoms with van der Waals surface area (Å²) >= 11 is 0. The highest BCUT2D eigenvalue weighted by molar-refractivity contribution is 7.95. The van der Waals surface area contributed by atoms with Crippen LogP contribution >= 0.6 is 0 Å². The number of hydrogen-bond donors (Lipinski definition) is 1. The molecule has 1 aliphatic rings. The summed E-state index contributed by atoms with van der Waals surface area (Å²) < 4.78 is 28.6. The van der Waals surface area contributed by atoms with Gasteiger partial charge in [-0.15, -0.1) is 0 Å². The lowest BCUT2D eigenvalue weighted by Gasteiger charge is -2.02. The summed E-state index contributed by atoms with van der Waals surface area (Å²) in [5.41, 5.74) is 6.78. The third-order valence-corrected chi connectivity index (χ3v) is 4.15. The number of anilines is 1. The van der Waals surface area contributed by atoms with Gasteiger partial charge in [0.05, 0.1) is 16.4 Å². The van der Waals surface area contributed by atoms with E-state index in [0.29, 0.717) is 16.1 Å². The number of ether oxygens (including phenoxy) is 1. The molecule has 0 aliphatic carbocycles. The standard InChI is InChI=1S/C10H11NO3S/c1-14-6-9-5-7-4-8(11)2-3-10(7)15(9,12)13/h2-5H,6,11H2,1H3. The van der Waals surface area contributed by atoms with E-state index in [9.17, 15) is 8.42 Å². The second kappa shape index (κ2) is 3.36. The molecule has 0 amide bonds. The van der Waals surface area contributed by atoms with Gasteiger partial charge in [-0.2, -0.15) is 0 Å². The van der Waals surface area contributed by atoms with Gasteiger partial charge in [-0.05, 0) is 29.8 Å². The van der Waals surface area contributed by atoms with Crippen molar-refractivity contribution in [2.45, 2.75) is 4.90 Å². The molecule has 0 saturated heterocycles. The molecule has 0 saturated carbocycles. The Hall–Kier alpha value is -1.33. The summed E-state index contributed by atoms with van der Waals surface area (Å²) in [6.45, 7) is 0.0942. The lowest BCUT2D eigenvalue weighted by Crippen LogP contribution is -2.05. The Morgan fingerprint density at radius 3 is 2.80 bits per heavy atom. The van der Waals surface area contributed by atoms with E-state index >= 15 is 0 Å². The Kier molecular flexibility index (Phi) is 2.28. The first kappa shape index (κ1) is 10.2. The molecule has 1 aromatic carbocycles. The van der Waals surface area contributed by atoms with Crippen LogP contribution in [0.15, 0.2) is 28.0 Å². The molecule has 0 radical (unpaired) electrons. The molecular weight excluding hydrogens is 214 g/mol. The maximum Gasteiger partial charge on any atom is 0.205 e. The van der Waals surface area contributed by atoms with Gasteiger partial charge >= 0.3 is 0 Å². The quantitative estimate of drug-likeness (QED) is 0.763. The summed E-state index contributed by atoms with van der Waals surface area (Å²) in [6, 6.07) is 4.76. The molecule has 0 aromatic heterocycles. The summed E-state index contributed by atoms with van der Waals surface area (Å²) in [5.74, 6) is 0. The maximum absolute atomic E-state index is 11.9. The van der Waals surface area contributed by atoms with Crippen LogP contribution in [0, 0.1) is 0 Å². The third-order valence-electron chi connectivity index (χ3n) is 2.27. The monoisotopic (exact) mass is 225 g/mol. The second-order valence-corrected chi connectivity index (χ2v) is 5.32. The van der Waals surface area contributed by atoms with Crippen molar-refractivity contribution in [3.8, 4) is 0 Å². The van der Waals surface area contributed by atoms with Gasteiger partial charge in [0, 0.05) is 12.8 Å². The smallest absolute Gasteiger partial charge is 0.205 e. The van der Waals surface area contributed by atoms with Crippen molar-refractivity contribution in [3.05, 3.63) is 28.7 Å². The van der Waals surface area contributed by atoms with Crippen LogP contribution in [-0.4, -0.2) is 22.1 Å². The number of hydrogen-bond acceptors (Lipinski definition) is 4. The molecular formula is C10H11NO3S. The number of sulfone groups is 1. The van der Waals surface area contributed by atoms with E-state index in [1.807, 2.05) is 0 Å². The number of rotatable bonds is 2.